The summed E-state index contributed by atoms with van der Waals surface area (Å²) in [7, 11) is 2.12. The maximum absolute atomic E-state index is 12.7. The monoisotopic (exact) mass is 435 g/mol. The molecule has 1 aromatic heterocycles. The number of hydrogen-bond donors (Lipinski definition) is 2. The minimum absolute atomic E-state index is 0.0437. The van der Waals surface area contributed by atoms with Crippen molar-refractivity contribution < 1.29 is 19.2 Å². The number of primary amides is 1. The van der Waals surface area contributed by atoms with Crippen LogP contribution in [0.1, 0.15) is 45.1 Å². The molecule has 1 amide bonds. The molecular formula is C22H28ClN2O3S+. The molecule has 2 aromatic rings. The van der Waals surface area contributed by atoms with E-state index in [-0.39, 0.29) is 12.2 Å². The number of hydrogen-bond acceptors (Lipinski definition) is 4. The standard InChI is InChI=1S/C22H27ClN2O3S/c1-22(2,28)13-25(3)9-8-17-19(12-25)29-18(20(17)21(24)27)11-16(26)10-14-4-6-15(23)7-5-14/h4-7,28H,8-13H2,1-3H3,(H-,24,27)/p+1. The zero-order valence-electron chi connectivity index (χ0n) is 17.1. The van der Waals surface area contributed by atoms with Crippen LogP contribution in [0.2, 0.25) is 5.02 Å². The number of benzene rings is 1. The highest BCUT2D eigenvalue weighted by Gasteiger charge is 2.37. The number of fused-ring (bicyclic) bond motifs is 1. The number of halogens is 1. The number of Topliss-reactive ketones (excluding diaryl/α,β-unsaturated/α-hetero) is 1. The number of carbonyl (C=O) groups excluding carboxylic acids is 2. The quantitative estimate of drug-likeness (QED) is 0.655. The summed E-state index contributed by atoms with van der Waals surface area (Å²) in [5, 5.41) is 10.9. The number of rotatable bonds is 7. The Hall–Kier alpha value is -1.73. The van der Waals surface area contributed by atoms with Crippen molar-refractivity contribution in [1.29, 1.82) is 0 Å². The Morgan fingerprint density at radius 2 is 1.90 bits per heavy atom. The van der Waals surface area contributed by atoms with Crippen molar-refractivity contribution in [3.05, 3.63) is 55.7 Å². The highest BCUT2D eigenvalue weighted by molar-refractivity contribution is 7.12. The minimum atomic E-state index is -0.770. The number of thiophene rings is 1. The molecule has 0 aliphatic carbocycles. The van der Waals surface area contributed by atoms with E-state index in [1.54, 1.807) is 12.1 Å². The highest BCUT2D eigenvalue weighted by atomic mass is 35.5. The van der Waals surface area contributed by atoms with Crippen LogP contribution in [-0.4, -0.2) is 47.0 Å². The Bertz CT molecular complexity index is 931. The number of quaternary nitrogens is 1. The van der Waals surface area contributed by atoms with Crippen molar-refractivity contribution in [2.24, 2.45) is 5.73 Å². The molecule has 1 aromatic carbocycles. The molecule has 1 atom stereocenters. The lowest BCUT2D eigenvalue weighted by Gasteiger charge is -2.41. The van der Waals surface area contributed by atoms with Gasteiger partial charge >= 0.3 is 0 Å². The van der Waals surface area contributed by atoms with Crippen molar-refractivity contribution in [2.45, 2.75) is 45.3 Å². The van der Waals surface area contributed by atoms with Crippen LogP contribution in [0.15, 0.2) is 24.3 Å². The van der Waals surface area contributed by atoms with Crippen molar-refractivity contribution in [1.82, 2.24) is 0 Å². The summed E-state index contributed by atoms with van der Waals surface area (Å²) < 4.78 is 0.702. The van der Waals surface area contributed by atoms with Crippen molar-refractivity contribution in [3.8, 4) is 0 Å². The lowest BCUT2D eigenvalue weighted by molar-refractivity contribution is -0.929. The van der Waals surface area contributed by atoms with Crippen LogP contribution in [0.25, 0.3) is 0 Å². The van der Waals surface area contributed by atoms with Crippen LogP contribution >= 0.6 is 22.9 Å². The summed E-state index contributed by atoms with van der Waals surface area (Å²) in [5.41, 5.74) is 7.34. The van der Waals surface area contributed by atoms with Crippen LogP contribution < -0.4 is 5.73 Å². The smallest absolute Gasteiger partial charge is 0.250 e. The van der Waals surface area contributed by atoms with E-state index in [0.29, 0.717) is 28.0 Å². The van der Waals surface area contributed by atoms with E-state index in [2.05, 4.69) is 7.05 Å². The second-order valence-corrected chi connectivity index (χ2v) is 10.5. The third-order valence-corrected chi connectivity index (χ3v) is 6.75. The first kappa shape index (κ1) is 22.0. The molecule has 0 saturated carbocycles. The number of aliphatic hydroxyl groups is 1. The molecule has 5 nitrogen and oxygen atoms in total. The van der Waals surface area contributed by atoms with E-state index in [9.17, 15) is 14.7 Å². The van der Waals surface area contributed by atoms with Gasteiger partial charge in [-0.2, -0.15) is 0 Å². The number of likely N-dealkylation sites (N-methyl/N-ethyl adjacent to an activating group) is 1. The van der Waals surface area contributed by atoms with Crippen LogP contribution in [0.3, 0.4) is 0 Å². The minimum Gasteiger partial charge on any atom is -0.385 e. The fourth-order valence-corrected chi connectivity index (χ4v) is 6.01. The third kappa shape index (κ3) is 5.45. The van der Waals surface area contributed by atoms with Crippen LogP contribution in [-0.2, 0) is 30.6 Å². The zero-order valence-corrected chi connectivity index (χ0v) is 18.7. The zero-order chi connectivity index (χ0) is 21.4. The molecule has 1 aliphatic rings. The number of nitrogens with zero attached hydrogens (tertiary/aromatic N) is 1. The van der Waals surface area contributed by atoms with E-state index < -0.39 is 11.5 Å². The molecule has 0 bridgehead atoms. The van der Waals surface area contributed by atoms with Crippen LogP contribution in [0.5, 0.6) is 0 Å². The fourth-order valence-electron chi connectivity index (χ4n) is 4.32. The predicted molar refractivity (Wildman–Crippen MR) is 116 cm³/mol. The van der Waals surface area contributed by atoms with Crippen molar-refractivity contribution in [3.63, 3.8) is 0 Å². The average molecular weight is 436 g/mol. The van der Waals surface area contributed by atoms with Gasteiger partial charge in [0.05, 0.1) is 24.0 Å². The largest absolute Gasteiger partial charge is 0.385 e. The van der Waals surface area contributed by atoms with Gasteiger partial charge in [0, 0.05) is 29.2 Å². The van der Waals surface area contributed by atoms with Gasteiger partial charge in [-0.15, -0.1) is 11.3 Å². The van der Waals surface area contributed by atoms with Crippen molar-refractivity contribution in [2.75, 3.05) is 20.1 Å². The summed E-state index contributed by atoms with van der Waals surface area (Å²) in [6.45, 7) is 5.81. The van der Waals surface area contributed by atoms with Gasteiger partial charge in [0.15, 0.2) is 0 Å². The number of nitrogens with two attached hydrogens (primary N) is 1. The van der Waals surface area contributed by atoms with E-state index in [0.717, 1.165) is 40.4 Å². The molecule has 0 saturated heterocycles. The molecule has 0 spiro atoms. The first-order chi connectivity index (χ1) is 13.5. The SMILES string of the molecule is CC(C)(O)C[N+]1(C)CCc2c(sc(CC(=O)Cc3ccc(Cl)cc3)c2C(N)=O)C1. The maximum atomic E-state index is 12.7. The second-order valence-electron chi connectivity index (χ2n) is 8.91. The molecule has 1 aliphatic heterocycles. The molecular weight excluding hydrogens is 408 g/mol. The Balaban J connectivity index is 1.81. The van der Waals surface area contributed by atoms with Gasteiger partial charge < -0.3 is 15.3 Å². The molecule has 0 fully saturated rings. The number of amides is 1. The average Bonchev–Trinajstić information content (AvgIpc) is 2.91. The molecule has 29 heavy (non-hydrogen) atoms. The Labute approximate surface area is 180 Å². The summed E-state index contributed by atoms with van der Waals surface area (Å²) in [6.07, 6.45) is 1.22. The van der Waals surface area contributed by atoms with E-state index in [1.165, 1.54) is 11.3 Å². The molecule has 156 valence electrons. The van der Waals surface area contributed by atoms with Crippen molar-refractivity contribution >= 4 is 34.6 Å². The normalized spacial score (nSPS) is 19.1. The van der Waals surface area contributed by atoms with Gasteiger partial charge in [0.2, 0.25) is 5.91 Å². The fraction of sp³-hybridized carbons (Fsp3) is 0.455. The number of ketones is 1. The maximum Gasteiger partial charge on any atom is 0.250 e. The third-order valence-electron chi connectivity index (χ3n) is 5.28. The molecule has 3 N–H and O–H groups in total. The molecule has 7 heteroatoms. The molecule has 0 radical (unpaired) electrons. The molecule has 1 unspecified atom stereocenters. The van der Waals surface area contributed by atoms with Gasteiger partial charge in [0.25, 0.3) is 0 Å². The van der Waals surface area contributed by atoms with E-state index in [4.69, 9.17) is 17.3 Å². The van der Waals surface area contributed by atoms with Crippen LogP contribution in [0, 0.1) is 0 Å². The lowest BCUT2D eigenvalue weighted by atomic mass is 9.96. The van der Waals surface area contributed by atoms with E-state index >= 15 is 0 Å². The van der Waals surface area contributed by atoms with Crippen LogP contribution in [0.4, 0.5) is 0 Å². The second kappa shape index (κ2) is 8.19. The molecule has 3 rings (SSSR count). The highest BCUT2D eigenvalue weighted by Crippen LogP contribution is 2.36. The summed E-state index contributed by atoms with van der Waals surface area (Å²) in [5.74, 6) is -0.419. The number of carbonyl (C=O) groups is 2. The summed E-state index contributed by atoms with van der Waals surface area (Å²) in [6, 6.07) is 7.22. The first-order valence-electron chi connectivity index (χ1n) is 9.71. The Morgan fingerprint density at radius 1 is 1.24 bits per heavy atom. The Morgan fingerprint density at radius 3 is 2.48 bits per heavy atom. The first-order valence-corrected chi connectivity index (χ1v) is 10.9. The topological polar surface area (TPSA) is 80.4 Å². The summed E-state index contributed by atoms with van der Waals surface area (Å²) >= 11 is 7.42. The van der Waals surface area contributed by atoms with E-state index in [1.807, 2.05) is 26.0 Å². The summed E-state index contributed by atoms with van der Waals surface area (Å²) in [4.78, 5) is 26.7. The van der Waals surface area contributed by atoms with Gasteiger partial charge in [-0.05, 0) is 37.1 Å². The predicted octanol–water partition coefficient (Wildman–Crippen LogP) is 3.13. The van der Waals surface area contributed by atoms with Gasteiger partial charge in [-0.3, -0.25) is 9.59 Å². The molecule has 2 heterocycles. The van der Waals surface area contributed by atoms with Gasteiger partial charge in [0.1, 0.15) is 24.5 Å². The van der Waals surface area contributed by atoms with Gasteiger partial charge in [-0.25, -0.2) is 0 Å². The van der Waals surface area contributed by atoms with Gasteiger partial charge in [-0.1, -0.05) is 23.7 Å². The Kier molecular flexibility index (Phi) is 6.20. The lowest BCUT2D eigenvalue weighted by Crippen LogP contribution is -2.54.